The molecule has 220 valence electrons. The molecule has 1 N–H and O–H groups in total. The van der Waals surface area contributed by atoms with Gasteiger partial charge in [-0.2, -0.15) is 5.10 Å². The van der Waals surface area contributed by atoms with Crippen LogP contribution in [0, 0.1) is 4.91 Å². The maximum atomic E-state index is 12.5. The summed E-state index contributed by atoms with van der Waals surface area (Å²) in [6, 6.07) is 12.4. The van der Waals surface area contributed by atoms with Gasteiger partial charge in [-0.3, -0.25) is 9.78 Å². The van der Waals surface area contributed by atoms with Gasteiger partial charge in [-0.05, 0) is 82.9 Å². The van der Waals surface area contributed by atoms with E-state index in [9.17, 15) is 22.9 Å². The summed E-state index contributed by atoms with van der Waals surface area (Å²) >= 11 is 1.27. The first-order valence-electron chi connectivity index (χ1n) is 12.9. The quantitative estimate of drug-likeness (QED) is 0.156. The second-order valence-corrected chi connectivity index (χ2v) is 10.1. The van der Waals surface area contributed by atoms with E-state index in [4.69, 9.17) is 4.74 Å². The number of nitrogens with zero attached hydrogens (tertiary/aromatic N) is 6. The molecule has 0 spiro atoms. The van der Waals surface area contributed by atoms with Gasteiger partial charge in [0.1, 0.15) is 23.1 Å². The zero-order valence-electron chi connectivity index (χ0n) is 22.5. The summed E-state index contributed by atoms with van der Waals surface area (Å²) in [6.07, 6.45) is 0.0202. The Morgan fingerprint density at radius 2 is 1.81 bits per heavy atom. The first-order chi connectivity index (χ1) is 20.2. The summed E-state index contributed by atoms with van der Waals surface area (Å²) in [7, 11) is 1.35. The smallest absolute Gasteiger partial charge is 0.496 e. The highest BCUT2D eigenvalue weighted by Crippen LogP contribution is 2.29. The molecule has 1 aromatic carbocycles. The normalized spacial score (nSPS) is 11.2. The number of nitroso groups, excluding NO2 is 1. The Bertz CT molecular complexity index is 1490. The molecule has 3 heterocycles. The van der Waals surface area contributed by atoms with E-state index in [1.54, 1.807) is 18.3 Å². The summed E-state index contributed by atoms with van der Waals surface area (Å²) in [5.41, 5.74) is 1.78. The molecule has 11 nitrogen and oxygen atoms in total. The second kappa shape index (κ2) is 14.4. The molecule has 0 saturated heterocycles. The van der Waals surface area contributed by atoms with Crippen molar-refractivity contribution in [2.45, 2.75) is 44.9 Å². The van der Waals surface area contributed by atoms with Crippen molar-refractivity contribution in [3.8, 4) is 11.5 Å². The Hall–Kier alpha value is -4.53. The van der Waals surface area contributed by atoms with Crippen molar-refractivity contribution in [1.82, 2.24) is 25.4 Å². The van der Waals surface area contributed by atoms with E-state index in [1.807, 2.05) is 18.2 Å². The third kappa shape index (κ3) is 9.54. The van der Waals surface area contributed by atoms with Crippen LogP contribution in [0.5, 0.6) is 11.5 Å². The lowest BCUT2D eigenvalue weighted by molar-refractivity contribution is -0.462. The fourth-order valence-corrected chi connectivity index (χ4v) is 4.71. The Kier molecular flexibility index (Phi) is 10.4. The number of anilines is 1. The molecule has 0 saturated carbocycles. The van der Waals surface area contributed by atoms with Crippen molar-refractivity contribution in [3.05, 3.63) is 81.6 Å². The Labute approximate surface area is 242 Å². The summed E-state index contributed by atoms with van der Waals surface area (Å²) in [5.74, 6) is -0.510. The van der Waals surface area contributed by atoms with E-state index in [1.165, 1.54) is 24.5 Å². The van der Waals surface area contributed by atoms with Crippen molar-refractivity contribution >= 4 is 28.2 Å². The number of pyridine rings is 1. The minimum atomic E-state index is -4.85. The molecule has 4 aromatic rings. The fraction of sp³-hybridized carbons (Fsp3) is 0.333. The molecule has 4 rings (SSSR count). The second-order valence-electron chi connectivity index (χ2n) is 9.01. The van der Waals surface area contributed by atoms with Crippen LogP contribution in [0.3, 0.4) is 0 Å². The molecule has 1 amide bonds. The number of benzene rings is 1. The van der Waals surface area contributed by atoms with Crippen LogP contribution in [0.2, 0.25) is 0 Å². The van der Waals surface area contributed by atoms with E-state index in [0.29, 0.717) is 24.4 Å². The van der Waals surface area contributed by atoms with Gasteiger partial charge in [0.2, 0.25) is 5.91 Å². The topological polar surface area (TPSA) is 132 Å². The van der Waals surface area contributed by atoms with Crippen LogP contribution in [0.15, 0.2) is 54.7 Å². The summed E-state index contributed by atoms with van der Waals surface area (Å²) in [4.78, 5) is 29.0. The van der Waals surface area contributed by atoms with Crippen molar-refractivity contribution in [2.24, 2.45) is 0 Å². The van der Waals surface area contributed by atoms with Gasteiger partial charge in [-0.1, -0.05) is 11.0 Å². The van der Waals surface area contributed by atoms with Gasteiger partial charge < -0.3 is 14.8 Å². The number of ether oxygens (including phenoxy) is 2. The number of hydrogen-bond acceptors (Lipinski definition) is 10. The molecule has 0 unspecified atom stereocenters. The number of alkyl halides is 3. The molecule has 0 atom stereocenters. The number of amides is 1. The first kappa shape index (κ1) is 30.4. The molecule has 0 aliphatic carbocycles. The van der Waals surface area contributed by atoms with Crippen LogP contribution >= 0.6 is 11.3 Å². The van der Waals surface area contributed by atoms with Gasteiger partial charge in [-0.25, -0.2) is 0 Å². The zero-order valence-corrected chi connectivity index (χ0v) is 23.3. The highest BCUT2D eigenvalue weighted by molar-refractivity contribution is 7.14. The van der Waals surface area contributed by atoms with E-state index < -0.39 is 18.0 Å². The first-order valence-corrected chi connectivity index (χ1v) is 13.7. The number of carbonyl (C=O) groups is 1. The largest absolute Gasteiger partial charge is 0.573 e. The average Bonchev–Trinajstić information content (AvgIpc) is 3.44. The third-order valence-electron chi connectivity index (χ3n) is 5.86. The Balaban J connectivity index is 1.19. The number of halogens is 3. The average molecular weight is 603 g/mol. The number of aromatic nitrogens is 5. The molecule has 3 aromatic heterocycles. The molecule has 0 radical (unpaired) electrons. The van der Waals surface area contributed by atoms with Crippen LogP contribution in [0.1, 0.15) is 34.8 Å². The summed E-state index contributed by atoms with van der Waals surface area (Å²) in [5, 5.41) is 19.9. The molecule has 42 heavy (non-hydrogen) atoms. The van der Waals surface area contributed by atoms with Gasteiger partial charge in [0, 0.05) is 30.3 Å². The minimum Gasteiger partial charge on any atom is -0.496 e. The van der Waals surface area contributed by atoms with Crippen LogP contribution in [-0.4, -0.2) is 56.1 Å². The van der Waals surface area contributed by atoms with Crippen LogP contribution in [0.25, 0.3) is 0 Å². The number of hydrogen-bond donors (Lipinski definition) is 1. The SMILES string of the molecule is COc1ccc(OC(F)(F)F)cc1CC(=O)Nc1ccc(CCCCc2nnc([N+](=O)CCc3ccccn3)s2)nn1. The molecule has 15 heteroatoms. The van der Waals surface area contributed by atoms with Crippen LogP contribution in [-0.2, 0) is 30.5 Å². The monoisotopic (exact) mass is 602 g/mol. The van der Waals surface area contributed by atoms with E-state index in [2.05, 4.69) is 35.4 Å². The van der Waals surface area contributed by atoms with Gasteiger partial charge in [0.05, 0.1) is 24.3 Å². The van der Waals surface area contributed by atoms with Gasteiger partial charge in [0.15, 0.2) is 5.82 Å². The van der Waals surface area contributed by atoms with Gasteiger partial charge in [-0.15, -0.1) is 18.3 Å². The lowest BCUT2D eigenvalue weighted by atomic mass is 10.1. The third-order valence-corrected chi connectivity index (χ3v) is 6.85. The number of methoxy groups -OCH3 is 1. The number of aryl methyl sites for hydroxylation is 2. The summed E-state index contributed by atoms with van der Waals surface area (Å²) < 4.78 is 47.5. The van der Waals surface area contributed by atoms with Crippen molar-refractivity contribution < 1.29 is 32.2 Å². The molecular formula is C27H27F3N7O4S+. The highest BCUT2D eigenvalue weighted by Gasteiger charge is 2.31. The lowest BCUT2D eigenvalue weighted by Gasteiger charge is -2.13. The maximum absolute atomic E-state index is 12.5. The van der Waals surface area contributed by atoms with Gasteiger partial charge >= 0.3 is 11.5 Å². The van der Waals surface area contributed by atoms with Crippen LogP contribution < -0.4 is 14.8 Å². The number of unbranched alkanes of at least 4 members (excludes halogenated alkanes) is 1. The van der Waals surface area contributed by atoms with Crippen LogP contribution in [0.4, 0.5) is 24.1 Å². The highest BCUT2D eigenvalue weighted by atomic mass is 32.1. The molecule has 0 aliphatic rings. The van der Waals surface area contributed by atoms with Crippen molar-refractivity contribution in [3.63, 3.8) is 0 Å². The molecule has 0 bridgehead atoms. The molecule has 0 aliphatic heterocycles. The number of carbonyl (C=O) groups excluding carboxylic acids is 1. The predicted molar refractivity (Wildman–Crippen MR) is 147 cm³/mol. The Morgan fingerprint density at radius 1 is 0.976 bits per heavy atom. The predicted octanol–water partition coefficient (Wildman–Crippen LogP) is 5.03. The van der Waals surface area contributed by atoms with Crippen molar-refractivity contribution in [2.75, 3.05) is 19.0 Å². The zero-order chi connectivity index (χ0) is 30.0. The minimum absolute atomic E-state index is 0.206. The number of rotatable bonds is 14. The summed E-state index contributed by atoms with van der Waals surface area (Å²) in [6.45, 7) is 0.249. The fourth-order valence-electron chi connectivity index (χ4n) is 3.90. The molecular weight excluding hydrogens is 575 g/mol. The molecule has 0 fully saturated rings. The lowest BCUT2D eigenvalue weighted by Crippen LogP contribution is -2.18. The van der Waals surface area contributed by atoms with Gasteiger partial charge in [0.25, 0.3) is 0 Å². The standard InChI is InChI=1S/C27H26F3N7O4S/c1-40-22-11-10-21(41-27(28,29)30)16-18(22)17-24(38)32-23-12-9-20(33-34-23)7-2-3-8-25-35-36-26(42-25)37(39)15-13-19-6-4-5-14-31-19/h4-6,9-12,14,16H,2-3,7-8,13,15,17H2,1H3/p+1. The Morgan fingerprint density at radius 3 is 2.52 bits per heavy atom. The van der Waals surface area contributed by atoms with E-state index >= 15 is 0 Å². The van der Waals surface area contributed by atoms with E-state index in [-0.39, 0.29) is 30.1 Å². The van der Waals surface area contributed by atoms with Crippen molar-refractivity contribution in [1.29, 1.82) is 0 Å². The number of nitrogens with one attached hydrogen (secondary N) is 1. The maximum Gasteiger partial charge on any atom is 0.573 e. The van der Waals surface area contributed by atoms with E-state index in [0.717, 1.165) is 46.1 Å².